The molecule has 1 aromatic carbocycles. The Kier molecular flexibility index (Phi) is 8.64. The van der Waals surface area contributed by atoms with Gasteiger partial charge in [-0.05, 0) is 73.6 Å². The molecule has 2 amide bonds. The highest BCUT2D eigenvalue weighted by molar-refractivity contribution is 7.91. The molecule has 8 nitrogen and oxygen atoms in total. The Morgan fingerprint density at radius 2 is 1.75 bits per heavy atom. The molecule has 0 saturated heterocycles. The summed E-state index contributed by atoms with van der Waals surface area (Å²) in [6.45, 7) is 0.0555. The lowest BCUT2D eigenvalue weighted by atomic mass is 9.76. The van der Waals surface area contributed by atoms with Gasteiger partial charge in [0, 0.05) is 31.1 Å². The molecule has 1 fully saturated rings. The molecule has 2 aromatic rings. The second-order valence-electron chi connectivity index (χ2n) is 11.7. The first-order valence-electron chi connectivity index (χ1n) is 14.5. The van der Waals surface area contributed by atoms with Gasteiger partial charge in [-0.1, -0.05) is 24.6 Å². The van der Waals surface area contributed by atoms with Gasteiger partial charge < -0.3 is 5.32 Å². The van der Waals surface area contributed by atoms with Crippen LogP contribution in [0, 0.1) is 0 Å². The summed E-state index contributed by atoms with van der Waals surface area (Å²) in [7, 11) is -4.12. The molecule has 1 unspecified atom stereocenters. The van der Waals surface area contributed by atoms with Crippen LogP contribution in [0.1, 0.15) is 80.0 Å². The van der Waals surface area contributed by atoms with Crippen molar-refractivity contribution in [1.29, 1.82) is 0 Å². The topological polar surface area (TPSA) is 110 Å². The first-order chi connectivity index (χ1) is 20.6. The van der Waals surface area contributed by atoms with Crippen LogP contribution in [0.4, 0.5) is 26.3 Å². The van der Waals surface area contributed by atoms with Crippen LogP contribution in [0.15, 0.2) is 36.2 Å². The van der Waals surface area contributed by atoms with E-state index in [1.54, 1.807) is 18.2 Å². The van der Waals surface area contributed by atoms with Crippen molar-refractivity contribution < 1.29 is 44.3 Å². The third-order valence-corrected chi connectivity index (χ3v) is 10.2. The highest BCUT2D eigenvalue weighted by Gasteiger charge is 2.61. The summed E-state index contributed by atoms with van der Waals surface area (Å²) in [5, 5.41) is 5.13. The van der Waals surface area contributed by atoms with Crippen LogP contribution < -0.4 is 10.0 Å². The fourth-order valence-corrected chi connectivity index (χ4v) is 7.12. The predicted octanol–water partition coefficient (Wildman–Crippen LogP) is 5.22. The Morgan fingerprint density at radius 3 is 2.41 bits per heavy atom. The van der Waals surface area contributed by atoms with E-state index in [9.17, 15) is 31.2 Å². The van der Waals surface area contributed by atoms with Crippen molar-refractivity contribution in [3.05, 3.63) is 58.4 Å². The Labute approximate surface area is 250 Å². The maximum atomic E-state index is 15.0. The zero-order valence-electron chi connectivity index (χ0n) is 23.7. The average Bonchev–Trinajstić information content (AvgIpc) is 3.70. The number of unbranched alkanes of at least 4 members (excludes halogenated alkanes) is 2. The van der Waals surface area contributed by atoms with Gasteiger partial charge in [-0.25, -0.2) is 13.1 Å². The molecule has 3 aliphatic rings. The molecule has 44 heavy (non-hydrogen) atoms. The zero-order chi connectivity index (χ0) is 31.9. The molecule has 2 N–H and O–H groups in total. The molecule has 1 atom stereocenters. The third kappa shape index (κ3) is 6.81. The van der Waals surface area contributed by atoms with Crippen LogP contribution in [0.25, 0.3) is 5.57 Å². The highest BCUT2D eigenvalue weighted by atomic mass is 32.2. The summed E-state index contributed by atoms with van der Waals surface area (Å²) in [6.07, 6.45) is -5.00. The van der Waals surface area contributed by atoms with Crippen LogP contribution in [-0.2, 0) is 44.5 Å². The van der Waals surface area contributed by atoms with Crippen LogP contribution in [-0.4, -0.2) is 47.6 Å². The Hall–Kier alpha value is -3.36. The predicted molar refractivity (Wildman–Crippen MR) is 147 cm³/mol. The number of hydrogen-bond donors (Lipinski definition) is 2. The summed E-state index contributed by atoms with van der Waals surface area (Å²) in [6, 6.07) is 4.97. The van der Waals surface area contributed by atoms with E-state index >= 15 is 13.2 Å². The molecular weight excluding hydrogens is 614 g/mol. The largest absolute Gasteiger partial charge is 0.416 e. The lowest BCUT2D eigenvalue weighted by molar-refractivity contribution is -0.202. The number of nitrogens with one attached hydrogen (secondary N) is 2. The molecule has 0 radical (unpaired) electrons. The molecular formula is C29H32F6N4O4S. The van der Waals surface area contributed by atoms with E-state index in [1.807, 2.05) is 10.0 Å². The van der Waals surface area contributed by atoms with Crippen molar-refractivity contribution in [3.63, 3.8) is 0 Å². The monoisotopic (exact) mass is 646 g/mol. The van der Waals surface area contributed by atoms with Gasteiger partial charge in [-0.2, -0.15) is 31.4 Å². The Bertz CT molecular complexity index is 1580. The number of benzene rings is 1. The number of aryl methyl sites for hydroxylation is 3. The number of aromatic nitrogens is 2. The number of halogens is 6. The van der Waals surface area contributed by atoms with Gasteiger partial charge in [0.1, 0.15) is 5.57 Å². The minimum atomic E-state index is -5.08. The van der Waals surface area contributed by atoms with Gasteiger partial charge in [0.05, 0.1) is 11.4 Å². The van der Waals surface area contributed by atoms with Crippen molar-refractivity contribution in [2.75, 3.05) is 0 Å². The van der Waals surface area contributed by atoms with Crippen molar-refractivity contribution in [1.82, 2.24) is 19.8 Å². The summed E-state index contributed by atoms with van der Waals surface area (Å²) in [4.78, 5) is 26.8. The minimum absolute atomic E-state index is 0.0555. The molecule has 1 aliphatic heterocycles. The van der Waals surface area contributed by atoms with E-state index in [2.05, 4.69) is 5.10 Å². The molecule has 2 aliphatic carbocycles. The normalized spacial score (nSPS) is 21.2. The van der Waals surface area contributed by atoms with E-state index in [0.717, 1.165) is 42.8 Å². The molecule has 0 bridgehead atoms. The first kappa shape index (κ1) is 32.0. The zero-order valence-corrected chi connectivity index (χ0v) is 24.5. The number of nitrogens with zero attached hydrogens (tertiary/aromatic N) is 2. The van der Waals surface area contributed by atoms with E-state index in [1.165, 1.54) is 4.68 Å². The highest BCUT2D eigenvalue weighted by Crippen LogP contribution is 2.48. The maximum Gasteiger partial charge on any atom is 0.416 e. The first-order valence-corrected chi connectivity index (χ1v) is 16.0. The van der Waals surface area contributed by atoms with Gasteiger partial charge in [-0.15, -0.1) is 0 Å². The summed E-state index contributed by atoms with van der Waals surface area (Å²) in [5.41, 5.74) is -2.28. The van der Waals surface area contributed by atoms with Crippen LogP contribution in [0.3, 0.4) is 0 Å². The lowest BCUT2D eigenvalue weighted by Crippen LogP contribution is -2.59. The fourth-order valence-electron chi connectivity index (χ4n) is 5.83. The van der Waals surface area contributed by atoms with Crippen molar-refractivity contribution in [2.24, 2.45) is 0 Å². The number of amides is 2. The van der Waals surface area contributed by atoms with E-state index in [0.29, 0.717) is 19.3 Å². The smallest absolute Gasteiger partial charge is 0.334 e. The van der Waals surface area contributed by atoms with E-state index in [4.69, 9.17) is 0 Å². The van der Waals surface area contributed by atoms with Gasteiger partial charge in [0.15, 0.2) is 5.54 Å². The van der Waals surface area contributed by atoms with E-state index in [-0.39, 0.29) is 36.9 Å². The molecule has 1 saturated carbocycles. The molecule has 15 heteroatoms. The molecule has 0 spiro atoms. The standard InChI is InChI=1S/C29H32F6N4O4S/c30-28(31,32)12-4-1-5-13-39-17-21(16-36-39)27(29(33,34)35)15-23(20-9-8-18-6-2-3-7-19(18)14-20)24(25(40)37-27)26(41)38-44(42,43)22-10-11-22/h8-9,14,16-17,22H,1-7,10-13,15H2,(H,37,40)(H,38,41). The van der Waals surface area contributed by atoms with Crippen molar-refractivity contribution >= 4 is 27.4 Å². The minimum Gasteiger partial charge on any atom is -0.334 e. The summed E-state index contributed by atoms with van der Waals surface area (Å²) >= 11 is 0. The number of alkyl halides is 6. The van der Waals surface area contributed by atoms with E-state index < -0.39 is 69.0 Å². The Morgan fingerprint density at radius 1 is 1.05 bits per heavy atom. The summed E-state index contributed by atoms with van der Waals surface area (Å²) in [5.74, 6) is -2.68. The third-order valence-electron chi connectivity index (χ3n) is 8.38. The molecule has 2 heterocycles. The maximum absolute atomic E-state index is 15.0. The fraction of sp³-hybridized carbons (Fsp3) is 0.552. The van der Waals surface area contributed by atoms with Crippen LogP contribution in [0.2, 0.25) is 0 Å². The number of rotatable bonds is 10. The Balaban J connectivity index is 1.51. The molecule has 1 aromatic heterocycles. The second-order valence-corrected chi connectivity index (χ2v) is 13.6. The molecule has 240 valence electrons. The number of carbonyl (C=O) groups is 2. The number of carbonyl (C=O) groups excluding carboxylic acids is 2. The quantitative estimate of drug-likeness (QED) is 0.209. The van der Waals surface area contributed by atoms with Crippen molar-refractivity contribution in [2.45, 2.75) is 100 Å². The molecule has 5 rings (SSSR count). The van der Waals surface area contributed by atoms with Crippen LogP contribution in [0.5, 0.6) is 0 Å². The number of fused-ring (bicyclic) bond motifs is 1. The van der Waals surface area contributed by atoms with Crippen LogP contribution >= 0.6 is 0 Å². The lowest BCUT2D eigenvalue weighted by Gasteiger charge is -2.40. The average molecular weight is 647 g/mol. The van der Waals surface area contributed by atoms with Gasteiger partial charge >= 0.3 is 12.4 Å². The second kappa shape index (κ2) is 11.9. The summed E-state index contributed by atoms with van der Waals surface area (Å²) < 4.78 is 110. The number of sulfonamides is 1. The van der Waals surface area contributed by atoms with Gasteiger partial charge in [-0.3, -0.25) is 14.3 Å². The van der Waals surface area contributed by atoms with Crippen molar-refractivity contribution in [3.8, 4) is 0 Å². The van der Waals surface area contributed by atoms with Gasteiger partial charge in [0.25, 0.3) is 11.8 Å². The SMILES string of the molecule is O=C1NC(c2cnn(CCCCCC(F)(F)F)c2)(C(F)(F)F)CC(c2ccc3c(c2)CCCC3)=C1C(=O)NS(=O)(=O)C1CC1. The van der Waals surface area contributed by atoms with Gasteiger partial charge in [0.2, 0.25) is 10.0 Å². The number of hydrogen-bond acceptors (Lipinski definition) is 5.